The summed E-state index contributed by atoms with van der Waals surface area (Å²) in [6.45, 7) is 0.358. The highest BCUT2D eigenvalue weighted by molar-refractivity contribution is 6.30. The van der Waals surface area contributed by atoms with Gasteiger partial charge in [-0.05, 0) is 60.0 Å². The Balaban J connectivity index is 1.25. The van der Waals surface area contributed by atoms with Gasteiger partial charge in [-0.15, -0.1) is 0 Å². The Labute approximate surface area is 196 Å². The zero-order valence-electron chi connectivity index (χ0n) is 17.7. The van der Waals surface area contributed by atoms with Gasteiger partial charge in [-0.1, -0.05) is 48.0 Å². The Morgan fingerprint density at radius 1 is 0.879 bits per heavy atom. The number of ether oxygens (including phenoxy) is 1. The number of hydrogen-bond donors (Lipinski definition) is 1. The summed E-state index contributed by atoms with van der Waals surface area (Å²) in [5.74, 6) is 0.694. The smallest absolute Gasteiger partial charge is 0.229 e. The molecule has 6 heteroatoms. The summed E-state index contributed by atoms with van der Waals surface area (Å²) >= 11 is 5.90. The van der Waals surface area contributed by atoms with E-state index < -0.39 is 5.92 Å². The Morgan fingerprint density at radius 2 is 1.55 bits per heavy atom. The van der Waals surface area contributed by atoms with Crippen molar-refractivity contribution in [3.05, 3.63) is 96.0 Å². The van der Waals surface area contributed by atoms with Crippen LogP contribution < -0.4 is 15.0 Å². The zero-order chi connectivity index (χ0) is 22.8. The van der Waals surface area contributed by atoms with Crippen molar-refractivity contribution >= 4 is 45.6 Å². The number of nitrogens with zero attached hydrogens (tertiary/aromatic N) is 1. The third kappa shape index (κ3) is 4.54. The maximum Gasteiger partial charge on any atom is 0.229 e. The largest absolute Gasteiger partial charge is 0.457 e. The summed E-state index contributed by atoms with van der Waals surface area (Å²) in [6, 6.07) is 28.1. The van der Waals surface area contributed by atoms with Crippen LogP contribution in [0, 0.1) is 5.92 Å². The average Bonchev–Trinajstić information content (AvgIpc) is 3.23. The number of rotatable bonds is 5. The predicted molar refractivity (Wildman–Crippen MR) is 131 cm³/mol. The van der Waals surface area contributed by atoms with E-state index in [9.17, 15) is 9.59 Å². The second-order valence-corrected chi connectivity index (χ2v) is 8.41. The molecule has 1 aliphatic heterocycles. The molecule has 1 saturated heterocycles. The minimum absolute atomic E-state index is 0.0433. The molecule has 4 aromatic carbocycles. The first-order valence-electron chi connectivity index (χ1n) is 10.7. The topological polar surface area (TPSA) is 58.6 Å². The summed E-state index contributed by atoms with van der Waals surface area (Å²) in [6.07, 6.45) is 0.187. The van der Waals surface area contributed by atoms with Gasteiger partial charge in [0.15, 0.2) is 0 Å². The fraction of sp³-hybridized carbons (Fsp3) is 0.111. The molecular weight excluding hydrogens is 436 g/mol. The van der Waals surface area contributed by atoms with E-state index in [0.717, 1.165) is 16.5 Å². The molecule has 5 rings (SSSR count). The van der Waals surface area contributed by atoms with Gasteiger partial charge in [0.2, 0.25) is 11.8 Å². The van der Waals surface area contributed by atoms with Crippen LogP contribution in [0.3, 0.4) is 0 Å². The van der Waals surface area contributed by atoms with Crippen LogP contribution in [0.4, 0.5) is 11.4 Å². The number of nitrogens with one attached hydrogen (secondary N) is 1. The minimum Gasteiger partial charge on any atom is -0.457 e. The first-order valence-corrected chi connectivity index (χ1v) is 11.1. The Morgan fingerprint density at radius 3 is 2.30 bits per heavy atom. The van der Waals surface area contributed by atoms with Crippen molar-refractivity contribution in [3.8, 4) is 11.5 Å². The van der Waals surface area contributed by atoms with E-state index in [1.165, 1.54) is 0 Å². The number of amides is 2. The summed E-state index contributed by atoms with van der Waals surface area (Å²) in [4.78, 5) is 27.3. The predicted octanol–water partition coefficient (Wildman–Crippen LogP) is 6.28. The third-order valence-corrected chi connectivity index (χ3v) is 5.98. The lowest BCUT2D eigenvalue weighted by Gasteiger charge is -2.19. The number of hydrogen-bond acceptors (Lipinski definition) is 3. The average molecular weight is 457 g/mol. The van der Waals surface area contributed by atoms with Crippen LogP contribution in [0.1, 0.15) is 6.42 Å². The van der Waals surface area contributed by atoms with Crippen LogP contribution in [0.2, 0.25) is 5.02 Å². The molecule has 0 spiro atoms. The number of benzene rings is 4. The molecule has 0 saturated carbocycles. The minimum atomic E-state index is -0.415. The van der Waals surface area contributed by atoms with E-state index in [0.29, 0.717) is 28.8 Å². The number of carbonyl (C=O) groups is 2. The van der Waals surface area contributed by atoms with Gasteiger partial charge in [-0.2, -0.15) is 0 Å². The molecule has 0 unspecified atom stereocenters. The molecule has 4 aromatic rings. The molecule has 1 aliphatic rings. The van der Waals surface area contributed by atoms with Gasteiger partial charge in [0, 0.05) is 29.1 Å². The van der Waals surface area contributed by atoms with Gasteiger partial charge in [-0.25, -0.2) is 0 Å². The van der Waals surface area contributed by atoms with Gasteiger partial charge >= 0.3 is 0 Å². The van der Waals surface area contributed by atoms with Crippen molar-refractivity contribution in [2.45, 2.75) is 6.42 Å². The maximum absolute atomic E-state index is 12.9. The first kappa shape index (κ1) is 21.0. The highest BCUT2D eigenvalue weighted by atomic mass is 35.5. The third-order valence-electron chi connectivity index (χ3n) is 5.72. The standard InChI is InChI=1S/C27H21ClN2O3/c28-20-8-12-22(13-9-20)33-23-14-10-21(11-15-23)29-27(32)19-16-26(31)30(17-19)25-7-3-5-18-4-1-2-6-24(18)25/h1-15,19H,16-17H2,(H,29,32)/t19-/m0/s1. The molecule has 0 radical (unpaired) electrons. The molecule has 2 amide bonds. The van der Waals surface area contributed by atoms with Gasteiger partial charge < -0.3 is 15.0 Å². The van der Waals surface area contributed by atoms with Crippen molar-refractivity contribution in [3.63, 3.8) is 0 Å². The summed E-state index contributed by atoms with van der Waals surface area (Å²) in [7, 11) is 0. The van der Waals surface area contributed by atoms with Crippen LogP contribution in [0.5, 0.6) is 11.5 Å². The van der Waals surface area contributed by atoms with E-state index in [1.54, 1.807) is 53.4 Å². The van der Waals surface area contributed by atoms with E-state index in [2.05, 4.69) is 5.32 Å². The molecular formula is C27H21ClN2O3. The molecule has 5 nitrogen and oxygen atoms in total. The Hall–Kier alpha value is -3.83. The van der Waals surface area contributed by atoms with Crippen molar-refractivity contribution in [1.82, 2.24) is 0 Å². The number of anilines is 2. The van der Waals surface area contributed by atoms with Crippen LogP contribution >= 0.6 is 11.6 Å². The van der Waals surface area contributed by atoms with E-state index in [4.69, 9.17) is 16.3 Å². The molecule has 1 N–H and O–H groups in total. The van der Waals surface area contributed by atoms with Crippen LogP contribution in [0.15, 0.2) is 91.0 Å². The Kier molecular flexibility index (Phi) is 5.71. The molecule has 33 heavy (non-hydrogen) atoms. The van der Waals surface area contributed by atoms with Gasteiger partial charge in [0.1, 0.15) is 11.5 Å². The molecule has 0 aliphatic carbocycles. The molecule has 0 bridgehead atoms. The highest BCUT2D eigenvalue weighted by Gasteiger charge is 2.35. The van der Waals surface area contributed by atoms with Crippen LogP contribution in [-0.4, -0.2) is 18.4 Å². The van der Waals surface area contributed by atoms with Crippen molar-refractivity contribution in [1.29, 1.82) is 0 Å². The first-order chi connectivity index (χ1) is 16.1. The molecule has 164 valence electrons. The van der Waals surface area contributed by atoms with Crippen molar-refractivity contribution in [2.75, 3.05) is 16.8 Å². The van der Waals surface area contributed by atoms with Crippen LogP contribution in [0.25, 0.3) is 10.8 Å². The normalized spacial score (nSPS) is 15.6. The van der Waals surface area contributed by atoms with Crippen LogP contribution in [-0.2, 0) is 9.59 Å². The fourth-order valence-electron chi connectivity index (χ4n) is 4.05. The zero-order valence-corrected chi connectivity index (χ0v) is 18.5. The SMILES string of the molecule is O=C(Nc1ccc(Oc2ccc(Cl)cc2)cc1)[C@H]1CC(=O)N(c2cccc3ccccc23)C1. The Bertz CT molecular complexity index is 1310. The summed E-state index contributed by atoms with van der Waals surface area (Å²) < 4.78 is 5.78. The van der Waals surface area contributed by atoms with Crippen molar-refractivity contribution < 1.29 is 14.3 Å². The lowest BCUT2D eigenvalue weighted by molar-refractivity contribution is -0.122. The van der Waals surface area contributed by atoms with E-state index in [1.807, 2.05) is 42.5 Å². The lowest BCUT2D eigenvalue weighted by atomic mass is 10.1. The summed E-state index contributed by atoms with van der Waals surface area (Å²) in [5, 5.41) is 5.64. The van der Waals surface area contributed by atoms with Crippen molar-refractivity contribution in [2.24, 2.45) is 5.92 Å². The number of fused-ring (bicyclic) bond motifs is 1. The summed E-state index contributed by atoms with van der Waals surface area (Å²) in [5.41, 5.74) is 1.50. The second kappa shape index (κ2) is 8.96. The lowest BCUT2D eigenvalue weighted by Crippen LogP contribution is -2.28. The molecule has 1 atom stereocenters. The fourth-order valence-corrected chi connectivity index (χ4v) is 4.18. The quantitative estimate of drug-likeness (QED) is 0.384. The van der Waals surface area contributed by atoms with Gasteiger partial charge in [0.05, 0.1) is 11.6 Å². The van der Waals surface area contributed by atoms with Gasteiger partial charge in [-0.3, -0.25) is 9.59 Å². The van der Waals surface area contributed by atoms with E-state index >= 15 is 0 Å². The van der Waals surface area contributed by atoms with Gasteiger partial charge in [0.25, 0.3) is 0 Å². The molecule has 1 fully saturated rings. The molecule has 0 aromatic heterocycles. The highest BCUT2D eigenvalue weighted by Crippen LogP contribution is 2.32. The maximum atomic E-state index is 12.9. The molecule has 1 heterocycles. The van der Waals surface area contributed by atoms with E-state index in [-0.39, 0.29) is 18.2 Å². The second-order valence-electron chi connectivity index (χ2n) is 7.97. The number of carbonyl (C=O) groups excluding carboxylic acids is 2. The number of halogens is 1. The monoisotopic (exact) mass is 456 g/mol.